The number of para-hydroxylation sites is 1. The monoisotopic (exact) mass is 232 g/mol. The van der Waals surface area contributed by atoms with Crippen LogP contribution in [0.25, 0.3) is 11.0 Å². The molecule has 0 N–H and O–H groups in total. The quantitative estimate of drug-likeness (QED) is 0.536. The topological polar surface area (TPSA) is 49.6 Å². The normalized spacial score (nSPS) is 10.4. The lowest BCUT2D eigenvalue weighted by molar-refractivity contribution is 0.470. The van der Waals surface area contributed by atoms with Crippen molar-refractivity contribution in [3.05, 3.63) is 24.3 Å². The Labute approximate surface area is 100 Å². The van der Waals surface area contributed by atoms with Gasteiger partial charge in [0.15, 0.2) is 0 Å². The van der Waals surface area contributed by atoms with Gasteiger partial charge in [0, 0.05) is 28.2 Å². The van der Waals surface area contributed by atoms with E-state index in [9.17, 15) is 0 Å². The minimum Gasteiger partial charge on any atom is -0.347 e. The molecule has 1 heterocycles. The first-order valence-corrected chi connectivity index (χ1v) is 5.33. The summed E-state index contributed by atoms with van der Waals surface area (Å²) in [5, 5.41) is 12.5. The molecule has 6 heteroatoms. The molecule has 1 aromatic carbocycles. The number of aromatic nitrogens is 3. The molecule has 90 valence electrons. The fourth-order valence-corrected chi connectivity index (χ4v) is 1.59. The van der Waals surface area contributed by atoms with Gasteiger partial charge in [-0.1, -0.05) is 12.1 Å². The molecular formula is C11H16N6. The standard InChI is InChI=1S/C11H16N6/c1-15(2)11(16(3)4)13-17-10-8-6-5-7-9(10)12-14-17/h5-8H,1-4H3. The van der Waals surface area contributed by atoms with Crippen LogP contribution in [-0.4, -0.2) is 59.1 Å². The van der Waals surface area contributed by atoms with E-state index in [-0.39, 0.29) is 0 Å². The van der Waals surface area contributed by atoms with Crippen molar-refractivity contribution in [2.75, 3.05) is 28.2 Å². The number of hydrogen-bond donors (Lipinski definition) is 0. The van der Waals surface area contributed by atoms with E-state index >= 15 is 0 Å². The number of benzene rings is 1. The summed E-state index contributed by atoms with van der Waals surface area (Å²) in [5.41, 5.74) is 1.74. The van der Waals surface area contributed by atoms with Crippen molar-refractivity contribution in [3.63, 3.8) is 0 Å². The van der Waals surface area contributed by atoms with E-state index < -0.39 is 0 Å². The van der Waals surface area contributed by atoms with Crippen LogP contribution in [0.3, 0.4) is 0 Å². The van der Waals surface area contributed by atoms with E-state index in [4.69, 9.17) is 0 Å². The van der Waals surface area contributed by atoms with Crippen LogP contribution in [0.1, 0.15) is 0 Å². The van der Waals surface area contributed by atoms with Gasteiger partial charge >= 0.3 is 0 Å². The van der Waals surface area contributed by atoms with Gasteiger partial charge in [-0.25, -0.2) is 0 Å². The van der Waals surface area contributed by atoms with E-state index in [2.05, 4.69) is 15.4 Å². The molecular weight excluding hydrogens is 216 g/mol. The molecule has 2 aromatic rings. The largest absolute Gasteiger partial charge is 0.347 e. The molecule has 0 amide bonds. The molecule has 0 atom stereocenters. The molecule has 0 spiro atoms. The van der Waals surface area contributed by atoms with Gasteiger partial charge in [-0.2, -0.15) is 0 Å². The van der Waals surface area contributed by atoms with Crippen molar-refractivity contribution in [2.24, 2.45) is 5.10 Å². The predicted molar refractivity (Wildman–Crippen MR) is 67.7 cm³/mol. The third-order valence-corrected chi connectivity index (χ3v) is 2.32. The molecule has 0 saturated heterocycles. The number of fused-ring (bicyclic) bond motifs is 1. The second-order valence-electron chi connectivity index (χ2n) is 4.16. The van der Waals surface area contributed by atoms with E-state index in [1.807, 2.05) is 62.3 Å². The first-order chi connectivity index (χ1) is 8.09. The van der Waals surface area contributed by atoms with Crippen LogP contribution >= 0.6 is 0 Å². The summed E-state index contributed by atoms with van der Waals surface area (Å²) < 4.78 is 0. The summed E-state index contributed by atoms with van der Waals surface area (Å²) in [5.74, 6) is 0.806. The molecule has 0 bridgehead atoms. The highest BCUT2D eigenvalue weighted by atomic mass is 15.6. The Bertz CT molecular complexity index is 530. The maximum Gasteiger partial charge on any atom is 0.220 e. The Kier molecular flexibility index (Phi) is 2.95. The lowest BCUT2D eigenvalue weighted by Crippen LogP contribution is -2.36. The Morgan fingerprint density at radius 3 is 2.41 bits per heavy atom. The van der Waals surface area contributed by atoms with Crippen molar-refractivity contribution < 1.29 is 0 Å². The summed E-state index contributed by atoms with van der Waals surface area (Å²) >= 11 is 0. The van der Waals surface area contributed by atoms with E-state index in [0.717, 1.165) is 17.0 Å². The van der Waals surface area contributed by atoms with Gasteiger partial charge in [0.25, 0.3) is 0 Å². The van der Waals surface area contributed by atoms with E-state index in [1.165, 1.54) is 0 Å². The summed E-state index contributed by atoms with van der Waals surface area (Å²) in [7, 11) is 7.77. The van der Waals surface area contributed by atoms with Gasteiger partial charge in [0.1, 0.15) is 11.0 Å². The average molecular weight is 232 g/mol. The van der Waals surface area contributed by atoms with Crippen LogP contribution in [0.2, 0.25) is 0 Å². The molecule has 0 aliphatic heterocycles. The van der Waals surface area contributed by atoms with Crippen LogP contribution in [0.4, 0.5) is 0 Å². The Morgan fingerprint density at radius 1 is 1.12 bits per heavy atom. The van der Waals surface area contributed by atoms with Gasteiger partial charge in [0.05, 0.1) is 0 Å². The van der Waals surface area contributed by atoms with Gasteiger partial charge in [0.2, 0.25) is 5.96 Å². The first-order valence-electron chi connectivity index (χ1n) is 5.33. The molecule has 1 aromatic heterocycles. The van der Waals surface area contributed by atoms with E-state index in [1.54, 1.807) is 4.79 Å². The number of rotatable bonds is 1. The Balaban J connectivity index is 2.50. The molecule has 0 radical (unpaired) electrons. The number of guanidine groups is 1. The number of nitrogens with zero attached hydrogens (tertiary/aromatic N) is 6. The molecule has 6 nitrogen and oxygen atoms in total. The summed E-state index contributed by atoms with van der Waals surface area (Å²) in [6.07, 6.45) is 0. The summed E-state index contributed by atoms with van der Waals surface area (Å²) in [4.78, 5) is 5.40. The van der Waals surface area contributed by atoms with Crippen molar-refractivity contribution in [2.45, 2.75) is 0 Å². The van der Waals surface area contributed by atoms with Crippen molar-refractivity contribution in [3.8, 4) is 0 Å². The molecule has 0 fully saturated rings. The van der Waals surface area contributed by atoms with Crippen molar-refractivity contribution in [1.82, 2.24) is 24.9 Å². The first kappa shape index (κ1) is 11.4. The molecule has 0 saturated carbocycles. The average Bonchev–Trinajstić information content (AvgIpc) is 2.68. The van der Waals surface area contributed by atoms with Crippen molar-refractivity contribution >= 4 is 17.0 Å². The lowest BCUT2D eigenvalue weighted by Gasteiger charge is -2.21. The fraction of sp³-hybridized carbons (Fsp3) is 0.364. The molecule has 2 rings (SSSR count). The zero-order chi connectivity index (χ0) is 12.4. The zero-order valence-corrected chi connectivity index (χ0v) is 10.5. The third-order valence-electron chi connectivity index (χ3n) is 2.32. The highest BCUT2D eigenvalue weighted by Gasteiger charge is 2.07. The predicted octanol–water partition coefficient (Wildman–Crippen LogP) is 0.674. The second kappa shape index (κ2) is 4.40. The molecule has 0 unspecified atom stereocenters. The smallest absolute Gasteiger partial charge is 0.220 e. The van der Waals surface area contributed by atoms with Gasteiger partial charge < -0.3 is 9.80 Å². The SMILES string of the molecule is CN(C)C(=Nn1nnc2ccccc21)N(C)C. The van der Waals surface area contributed by atoms with Crippen LogP contribution in [-0.2, 0) is 0 Å². The van der Waals surface area contributed by atoms with Crippen LogP contribution in [0.15, 0.2) is 29.4 Å². The molecule has 0 aliphatic rings. The van der Waals surface area contributed by atoms with Crippen LogP contribution in [0, 0.1) is 0 Å². The molecule has 0 aliphatic carbocycles. The maximum absolute atomic E-state index is 4.46. The minimum absolute atomic E-state index is 0.806. The molecule has 17 heavy (non-hydrogen) atoms. The Morgan fingerprint density at radius 2 is 1.76 bits per heavy atom. The van der Waals surface area contributed by atoms with Gasteiger partial charge in [-0.05, 0) is 17.3 Å². The second-order valence-corrected chi connectivity index (χ2v) is 4.16. The summed E-state index contributed by atoms with van der Waals surface area (Å²) in [6.45, 7) is 0. The van der Waals surface area contributed by atoms with E-state index in [0.29, 0.717) is 0 Å². The summed E-state index contributed by atoms with van der Waals surface area (Å²) in [6, 6.07) is 7.74. The minimum atomic E-state index is 0.806. The van der Waals surface area contributed by atoms with Gasteiger partial charge in [-0.3, -0.25) is 0 Å². The van der Waals surface area contributed by atoms with Gasteiger partial charge in [-0.15, -0.1) is 15.0 Å². The maximum atomic E-state index is 4.46. The van der Waals surface area contributed by atoms with Crippen LogP contribution < -0.4 is 0 Å². The fourth-order valence-electron chi connectivity index (χ4n) is 1.59. The Hall–Kier alpha value is -2.11. The number of hydrogen-bond acceptors (Lipinski definition) is 3. The highest BCUT2D eigenvalue weighted by molar-refractivity contribution is 5.80. The highest BCUT2D eigenvalue weighted by Crippen LogP contribution is 2.09. The van der Waals surface area contributed by atoms with Crippen molar-refractivity contribution in [1.29, 1.82) is 0 Å². The van der Waals surface area contributed by atoms with Crippen LogP contribution in [0.5, 0.6) is 0 Å². The lowest BCUT2D eigenvalue weighted by atomic mass is 10.3. The third kappa shape index (κ3) is 2.20. The zero-order valence-electron chi connectivity index (χ0n) is 10.5.